The van der Waals surface area contributed by atoms with Gasteiger partial charge in [0.2, 0.25) is 0 Å². The minimum Gasteiger partial charge on any atom is -0.310 e. The van der Waals surface area contributed by atoms with Gasteiger partial charge in [0.15, 0.2) is 0 Å². The quantitative estimate of drug-likeness (QED) is 0.179. The Hall–Kier alpha value is -6.44. The van der Waals surface area contributed by atoms with Crippen LogP contribution in [-0.2, 0) is 10.8 Å². The molecule has 0 saturated carbocycles. The lowest BCUT2D eigenvalue weighted by Gasteiger charge is -2.33. The van der Waals surface area contributed by atoms with Crippen molar-refractivity contribution in [3.63, 3.8) is 0 Å². The minimum absolute atomic E-state index is 0.111. The smallest absolute Gasteiger partial charge is 0.0726 e. The van der Waals surface area contributed by atoms with Crippen molar-refractivity contribution in [2.24, 2.45) is 0 Å². The first-order valence-electron chi connectivity index (χ1n) is 18.7. The molecule has 0 heterocycles. The Balaban J connectivity index is 1.21. The maximum absolute atomic E-state index is 2.52. The SMILES string of the molecule is CC1(C)c2ccccc2-c2c(N(c3cccc(-c4ccccc4)c3)c3ccc4c(c3)C3(c5ccccc5-c5ccccc53)c3ccccc3-4)cccc21. The maximum atomic E-state index is 2.52. The summed E-state index contributed by atoms with van der Waals surface area (Å²) in [6.45, 7) is 4.74. The predicted octanol–water partition coefficient (Wildman–Crippen LogP) is 13.5. The summed E-state index contributed by atoms with van der Waals surface area (Å²) in [4.78, 5) is 2.52. The van der Waals surface area contributed by atoms with Gasteiger partial charge in [-0.25, -0.2) is 0 Å². The van der Waals surface area contributed by atoms with Gasteiger partial charge in [0.05, 0.1) is 11.1 Å². The highest BCUT2D eigenvalue weighted by molar-refractivity contribution is 5.99. The number of hydrogen-bond acceptors (Lipinski definition) is 1. The van der Waals surface area contributed by atoms with Gasteiger partial charge in [0.1, 0.15) is 0 Å². The lowest BCUT2D eigenvalue weighted by Crippen LogP contribution is -2.26. The van der Waals surface area contributed by atoms with Crippen molar-refractivity contribution in [3.8, 4) is 44.5 Å². The molecule has 53 heavy (non-hydrogen) atoms. The van der Waals surface area contributed by atoms with Crippen LogP contribution in [0, 0.1) is 0 Å². The van der Waals surface area contributed by atoms with Crippen molar-refractivity contribution in [1.29, 1.82) is 0 Å². The van der Waals surface area contributed by atoms with Crippen LogP contribution in [-0.4, -0.2) is 0 Å². The van der Waals surface area contributed by atoms with E-state index in [0.29, 0.717) is 0 Å². The molecule has 1 nitrogen and oxygen atoms in total. The lowest BCUT2D eigenvalue weighted by atomic mass is 9.70. The Labute approximate surface area is 311 Å². The van der Waals surface area contributed by atoms with Crippen molar-refractivity contribution < 1.29 is 0 Å². The third kappa shape index (κ3) is 4.02. The van der Waals surface area contributed by atoms with E-state index in [-0.39, 0.29) is 5.41 Å². The van der Waals surface area contributed by atoms with Crippen LogP contribution in [0.1, 0.15) is 47.2 Å². The molecule has 0 saturated heterocycles. The van der Waals surface area contributed by atoms with Crippen LogP contribution in [0.3, 0.4) is 0 Å². The van der Waals surface area contributed by atoms with E-state index in [1.165, 1.54) is 83.6 Å². The predicted molar refractivity (Wildman–Crippen MR) is 220 cm³/mol. The molecular formula is C52H37N. The molecule has 0 aliphatic heterocycles. The Bertz CT molecular complexity index is 2710. The molecule has 3 aliphatic rings. The minimum atomic E-state index is -0.417. The zero-order valence-corrected chi connectivity index (χ0v) is 29.8. The third-order valence-corrected chi connectivity index (χ3v) is 12.3. The van der Waals surface area contributed by atoms with Crippen LogP contribution in [0.4, 0.5) is 17.1 Å². The second-order valence-electron chi connectivity index (χ2n) is 15.2. The van der Waals surface area contributed by atoms with Crippen molar-refractivity contribution in [2.45, 2.75) is 24.7 Å². The monoisotopic (exact) mass is 675 g/mol. The van der Waals surface area contributed by atoms with Crippen molar-refractivity contribution >= 4 is 17.1 Å². The van der Waals surface area contributed by atoms with Gasteiger partial charge in [-0.05, 0) is 103 Å². The molecule has 0 atom stereocenters. The molecule has 8 aromatic rings. The standard InChI is InChI=1S/C52H37N/c1-51(2)43-24-10-9-23-42(43)50-47(51)28-15-29-49(50)53(36-19-14-18-35(32-36)34-16-4-3-5-17-34)37-30-31-41-40-22-8-13-27-46(40)52(48(41)33-37)44-25-11-6-20-38(44)39-21-7-12-26-45(39)52/h3-33H,1-2H3. The Kier molecular flexibility index (Phi) is 6.29. The van der Waals surface area contributed by atoms with Gasteiger partial charge >= 0.3 is 0 Å². The van der Waals surface area contributed by atoms with E-state index in [0.717, 1.165) is 11.4 Å². The number of rotatable bonds is 4. The molecular weight excluding hydrogens is 639 g/mol. The van der Waals surface area contributed by atoms with Gasteiger partial charge in [0.25, 0.3) is 0 Å². The molecule has 1 spiro atoms. The fourth-order valence-electron chi connectivity index (χ4n) is 10.0. The number of hydrogen-bond donors (Lipinski definition) is 0. The first-order chi connectivity index (χ1) is 26.1. The van der Waals surface area contributed by atoms with Gasteiger partial charge in [0, 0.05) is 22.4 Å². The number of nitrogens with zero attached hydrogens (tertiary/aromatic N) is 1. The highest BCUT2D eigenvalue weighted by Gasteiger charge is 2.51. The van der Waals surface area contributed by atoms with Crippen LogP contribution in [0.15, 0.2) is 188 Å². The van der Waals surface area contributed by atoms with Crippen LogP contribution < -0.4 is 4.90 Å². The number of anilines is 3. The summed E-state index contributed by atoms with van der Waals surface area (Å²) in [6.07, 6.45) is 0. The molecule has 0 bridgehead atoms. The molecule has 0 amide bonds. The van der Waals surface area contributed by atoms with E-state index in [1.54, 1.807) is 0 Å². The zero-order valence-electron chi connectivity index (χ0n) is 29.8. The van der Waals surface area contributed by atoms with Gasteiger partial charge in [-0.2, -0.15) is 0 Å². The molecule has 0 N–H and O–H groups in total. The normalized spacial score (nSPS) is 14.5. The highest BCUT2D eigenvalue weighted by Crippen LogP contribution is 2.63. The van der Waals surface area contributed by atoms with Crippen LogP contribution in [0.25, 0.3) is 44.5 Å². The summed E-state index contributed by atoms with van der Waals surface area (Å²) in [6, 6.07) is 70.2. The number of benzene rings is 8. The van der Waals surface area contributed by atoms with Crippen molar-refractivity contribution in [2.75, 3.05) is 4.90 Å². The third-order valence-electron chi connectivity index (χ3n) is 12.3. The summed E-state index contributed by atoms with van der Waals surface area (Å²) < 4.78 is 0. The molecule has 1 heteroatoms. The zero-order chi connectivity index (χ0) is 35.3. The molecule has 11 rings (SSSR count). The van der Waals surface area contributed by atoms with E-state index in [9.17, 15) is 0 Å². The second kappa shape index (κ2) is 11.0. The molecule has 8 aromatic carbocycles. The average molecular weight is 676 g/mol. The summed E-state index contributed by atoms with van der Waals surface area (Å²) in [7, 11) is 0. The Morgan fingerprint density at radius 1 is 0.340 bits per heavy atom. The number of fused-ring (bicyclic) bond motifs is 13. The van der Waals surface area contributed by atoms with E-state index < -0.39 is 5.41 Å². The van der Waals surface area contributed by atoms with E-state index in [2.05, 4.69) is 207 Å². The molecule has 0 unspecified atom stereocenters. The summed E-state index contributed by atoms with van der Waals surface area (Å²) in [5.41, 5.74) is 21.4. The van der Waals surface area contributed by atoms with Crippen LogP contribution in [0.2, 0.25) is 0 Å². The van der Waals surface area contributed by atoms with Gasteiger partial charge in [-0.15, -0.1) is 0 Å². The van der Waals surface area contributed by atoms with Crippen LogP contribution in [0.5, 0.6) is 0 Å². The first-order valence-corrected chi connectivity index (χ1v) is 18.7. The Morgan fingerprint density at radius 3 is 1.49 bits per heavy atom. The van der Waals surface area contributed by atoms with Crippen molar-refractivity contribution in [1.82, 2.24) is 0 Å². The molecule has 0 radical (unpaired) electrons. The maximum Gasteiger partial charge on any atom is 0.0726 e. The average Bonchev–Trinajstić information content (AvgIpc) is 3.77. The largest absolute Gasteiger partial charge is 0.310 e. The lowest BCUT2D eigenvalue weighted by molar-refractivity contribution is 0.660. The topological polar surface area (TPSA) is 3.24 Å². The van der Waals surface area contributed by atoms with Crippen LogP contribution >= 0.6 is 0 Å². The second-order valence-corrected chi connectivity index (χ2v) is 15.2. The van der Waals surface area contributed by atoms with Gasteiger partial charge in [-0.1, -0.05) is 172 Å². The van der Waals surface area contributed by atoms with Gasteiger partial charge in [-0.3, -0.25) is 0 Å². The fourth-order valence-corrected chi connectivity index (χ4v) is 10.0. The van der Waals surface area contributed by atoms with Gasteiger partial charge < -0.3 is 4.90 Å². The summed E-state index contributed by atoms with van der Waals surface area (Å²) in [5, 5.41) is 0. The van der Waals surface area contributed by atoms with Crippen molar-refractivity contribution in [3.05, 3.63) is 221 Å². The molecule has 0 aromatic heterocycles. The molecule has 250 valence electrons. The Morgan fingerprint density at radius 2 is 0.830 bits per heavy atom. The molecule has 3 aliphatic carbocycles. The molecule has 0 fully saturated rings. The summed E-state index contributed by atoms with van der Waals surface area (Å²) in [5.74, 6) is 0. The van der Waals surface area contributed by atoms with E-state index in [4.69, 9.17) is 0 Å². The fraction of sp³-hybridized carbons (Fsp3) is 0.0769. The van der Waals surface area contributed by atoms with E-state index >= 15 is 0 Å². The summed E-state index contributed by atoms with van der Waals surface area (Å²) >= 11 is 0. The first kappa shape index (κ1) is 30.2. The van der Waals surface area contributed by atoms with E-state index in [1.807, 2.05) is 0 Å². The highest BCUT2D eigenvalue weighted by atomic mass is 15.1.